The Hall–Kier alpha value is -2.58. The molecule has 142 valence electrons. The van der Waals surface area contributed by atoms with Gasteiger partial charge in [0.1, 0.15) is 5.82 Å². The van der Waals surface area contributed by atoms with Crippen LogP contribution in [0.15, 0.2) is 51.9 Å². The number of sulfonamides is 1. The molecule has 0 unspecified atom stereocenters. The lowest BCUT2D eigenvalue weighted by molar-refractivity contribution is 0.413. The summed E-state index contributed by atoms with van der Waals surface area (Å²) in [5.74, 6) is -0.0692. The van der Waals surface area contributed by atoms with Crippen molar-refractivity contribution in [1.82, 2.24) is 14.4 Å². The minimum Gasteiger partial charge on any atom is -0.334 e. The first-order chi connectivity index (χ1) is 12.8. The van der Waals surface area contributed by atoms with Crippen LogP contribution in [0.3, 0.4) is 0 Å². The zero-order valence-electron chi connectivity index (χ0n) is 15.3. The third-order valence-electron chi connectivity index (χ3n) is 4.41. The van der Waals surface area contributed by atoms with Crippen molar-refractivity contribution in [3.8, 4) is 11.5 Å². The summed E-state index contributed by atoms with van der Waals surface area (Å²) in [5.41, 5.74) is 2.16. The average Bonchev–Trinajstić information content (AvgIpc) is 3.11. The molecule has 3 aromatic rings. The molecule has 0 N–H and O–H groups in total. The molecule has 0 atom stereocenters. The van der Waals surface area contributed by atoms with Gasteiger partial charge in [-0.2, -0.15) is 4.98 Å². The maximum atomic E-state index is 13.8. The molecule has 1 aromatic heterocycles. The SMILES string of the molecule is Cc1ccc(S(=O)(=O)N(C)CCc2noc(-c3ccccc3F)n2)cc1C. The fourth-order valence-corrected chi connectivity index (χ4v) is 3.79. The van der Waals surface area contributed by atoms with Crippen molar-refractivity contribution in [2.75, 3.05) is 13.6 Å². The van der Waals surface area contributed by atoms with Gasteiger partial charge in [-0.1, -0.05) is 23.4 Å². The quantitative estimate of drug-likeness (QED) is 0.646. The fraction of sp³-hybridized carbons (Fsp3) is 0.263. The maximum Gasteiger partial charge on any atom is 0.260 e. The number of halogens is 1. The van der Waals surface area contributed by atoms with E-state index >= 15 is 0 Å². The van der Waals surface area contributed by atoms with Crippen LogP contribution in [0.25, 0.3) is 11.5 Å². The van der Waals surface area contributed by atoms with Gasteiger partial charge in [0.25, 0.3) is 5.89 Å². The van der Waals surface area contributed by atoms with Gasteiger partial charge in [0.15, 0.2) is 5.82 Å². The second-order valence-corrected chi connectivity index (χ2v) is 8.36. The molecule has 0 fully saturated rings. The second-order valence-electron chi connectivity index (χ2n) is 6.32. The van der Waals surface area contributed by atoms with Gasteiger partial charge in [-0.25, -0.2) is 17.1 Å². The van der Waals surface area contributed by atoms with E-state index in [4.69, 9.17) is 4.52 Å². The van der Waals surface area contributed by atoms with Crippen LogP contribution in [0.5, 0.6) is 0 Å². The highest BCUT2D eigenvalue weighted by atomic mass is 32.2. The summed E-state index contributed by atoms with van der Waals surface area (Å²) in [6.07, 6.45) is 0.249. The van der Waals surface area contributed by atoms with Crippen LogP contribution >= 0.6 is 0 Å². The van der Waals surface area contributed by atoms with Crippen LogP contribution in [0.4, 0.5) is 4.39 Å². The smallest absolute Gasteiger partial charge is 0.260 e. The van der Waals surface area contributed by atoms with E-state index in [1.807, 2.05) is 13.8 Å². The number of nitrogens with zero attached hydrogens (tertiary/aromatic N) is 3. The standard InChI is InChI=1S/C19H20FN3O3S/c1-13-8-9-15(12-14(13)2)27(24,25)23(3)11-10-18-21-19(26-22-18)16-6-4-5-7-17(16)20/h4-9,12H,10-11H2,1-3H3. The Morgan fingerprint density at radius 1 is 1.11 bits per heavy atom. The van der Waals surface area contributed by atoms with E-state index in [2.05, 4.69) is 10.1 Å². The third kappa shape index (κ3) is 4.06. The lowest BCUT2D eigenvalue weighted by Gasteiger charge is -2.17. The minimum absolute atomic E-state index is 0.0720. The molecule has 0 bridgehead atoms. The molecule has 0 radical (unpaired) electrons. The van der Waals surface area contributed by atoms with Crippen LogP contribution < -0.4 is 0 Å². The number of aryl methyl sites for hydroxylation is 2. The topological polar surface area (TPSA) is 76.3 Å². The zero-order valence-corrected chi connectivity index (χ0v) is 16.1. The molecule has 0 amide bonds. The van der Waals surface area contributed by atoms with E-state index in [1.165, 1.54) is 17.4 Å². The van der Waals surface area contributed by atoms with E-state index in [0.717, 1.165) is 11.1 Å². The summed E-state index contributed by atoms with van der Waals surface area (Å²) in [5, 5.41) is 3.81. The lowest BCUT2D eigenvalue weighted by Crippen LogP contribution is -2.29. The number of rotatable bonds is 6. The third-order valence-corrected chi connectivity index (χ3v) is 6.26. The highest BCUT2D eigenvalue weighted by Gasteiger charge is 2.22. The molecule has 0 saturated carbocycles. The van der Waals surface area contributed by atoms with Crippen molar-refractivity contribution in [3.05, 3.63) is 65.2 Å². The fourth-order valence-electron chi connectivity index (χ4n) is 2.53. The van der Waals surface area contributed by atoms with Gasteiger partial charge in [0, 0.05) is 20.0 Å². The summed E-state index contributed by atoms with van der Waals surface area (Å²) in [6.45, 7) is 3.97. The molecule has 0 aliphatic rings. The van der Waals surface area contributed by atoms with Crippen molar-refractivity contribution < 1.29 is 17.3 Å². The first-order valence-corrected chi connectivity index (χ1v) is 9.84. The Labute approximate surface area is 157 Å². The molecule has 3 rings (SSSR count). The van der Waals surface area contributed by atoms with E-state index in [1.54, 1.807) is 36.4 Å². The van der Waals surface area contributed by atoms with Gasteiger partial charge < -0.3 is 4.52 Å². The molecular weight excluding hydrogens is 369 g/mol. The van der Waals surface area contributed by atoms with Crippen LogP contribution in [0, 0.1) is 19.7 Å². The summed E-state index contributed by atoms with van der Waals surface area (Å²) in [4.78, 5) is 4.40. The van der Waals surface area contributed by atoms with E-state index in [0.29, 0.717) is 5.82 Å². The molecule has 0 aliphatic carbocycles. The normalized spacial score (nSPS) is 11.9. The van der Waals surface area contributed by atoms with Crippen molar-refractivity contribution >= 4 is 10.0 Å². The Kier molecular flexibility index (Phi) is 5.38. The first kappa shape index (κ1) is 19.2. The zero-order chi connectivity index (χ0) is 19.6. The first-order valence-electron chi connectivity index (χ1n) is 8.40. The summed E-state index contributed by atoms with van der Waals surface area (Å²) >= 11 is 0. The molecule has 2 aromatic carbocycles. The van der Waals surface area contributed by atoms with Crippen LogP contribution in [-0.2, 0) is 16.4 Å². The molecular formula is C19H20FN3O3S. The number of aromatic nitrogens is 2. The Morgan fingerprint density at radius 3 is 2.56 bits per heavy atom. The van der Waals surface area contributed by atoms with E-state index in [9.17, 15) is 12.8 Å². The van der Waals surface area contributed by atoms with Gasteiger partial charge >= 0.3 is 0 Å². The molecule has 27 heavy (non-hydrogen) atoms. The largest absolute Gasteiger partial charge is 0.334 e. The number of likely N-dealkylation sites (N-methyl/N-ethyl adjacent to an activating group) is 1. The van der Waals surface area contributed by atoms with Crippen molar-refractivity contribution in [1.29, 1.82) is 0 Å². The van der Waals surface area contributed by atoms with E-state index < -0.39 is 15.8 Å². The molecule has 6 nitrogen and oxygen atoms in total. The Balaban J connectivity index is 1.71. The highest BCUT2D eigenvalue weighted by molar-refractivity contribution is 7.89. The highest BCUT2D eigenvalue weighted by Crippen LogP contribution is 2.21. The van der Waals surface area contributed by atoms with Crippen LogP contribution in [0.1, 0.15) is 17.0 Å². The summed E-state index contributed by atoms with van der Waals surface area (Å²) in [7, 11) is -2.11. The molecule has 0 aliphatic heterocycles. The van der Waals surface area contributed by atoms with Crippen molar-refractivity contribution in [2.45, 2.75) is 25.2 Å². The van der Waals surface area contributed by atoms with Gasteiger partial charge in [0.2, 0.25) is 10.0 Å². The molecule has 8 heteroatoms. The van der Waals surface area contributed by atoms with Crippen LogP contribution in [0.2, 0.25) is 0 Å². The predicted molar refractivity (Wildman–Crippen MR) is 99.1 cm³/mol. The summed E-state index contributed by atoms with van der Waals surface area (Å²) < 4.78 is 45.5. The average molecular weight is 389 g/mol. The predicted octanol–water partition coefficient (Wildman–Crippen LogP) is 3.36. The molecule has 0 saturated heterocycles. The Morgan fingerprint density at radius 2 is 1.85 bits per heavy atom. The lowest BCUT2D eigenvalue weighted by atomic mass is 10.1. The van der Waals surface area contributed by atoms with Gasteiger partial charge in [0.05, 0.1) is 10.5 Å². The molecule has 1 heterocycles. The monoisotopic (exact) mass is 389 g/mol. The maximum absolute atomic E-state index is 13.8. The van der Waals surface area contributed by atoms with Crippen LogP contribution in [-0.4, -0.2) is 36.5 Å². The second kappa shape index (κ2) is 7.58. The number of hydrogen-bond donors (Lipinski definition) is 0. The van der Waals surface area contributed by atoms with Gasteiger partial charge in [-0.3, -0.25) is 0 Å². The number of benzene rings is 2. The number of hydrogen-bond acceptors (Lipinski definition) is 5. The van der Waals surface area contributed by atoms with Gasteiger partial charge in [-0.05, 0) is 49.2 Å². The molecule has 0 spiro atoms. The summed E-state index contributed by atoms with van der Waals surface area (Å²) in [6, 6.07) is 11.1. The Bertz CT molecular complexity index is 1060. The minimum atomic E-state index is -3.61. The van der Waals surface area contributed by atoms with Gasteiger partial charge in [-0.15, -0.1) is 0 Å². The van der Waals surface area contributed by atoms with E-state index in [-0.39, 0.29) is 29.3 Å². The van der Waals surface area contributed by atoms with Crippen molar-refractivity contribution in [3.63, 3.8) is 0 Å². The van der Waals surface area contributed by atoms with Crippen molar-refractivity contribution in [2.24, 2.45) is 0 Å².